The number of nitrogens with one attached hydrogen (secondary N) is 1. The Kier molecular flexibility index (Phi) is 6.94. The molecule has 0 fully saturated rings. The lowest BCUT2D eigenvalue weighted by atomic mass is 10.1. The van der Waals surface area contributed by atoms with Crippen molar-refractivity contribution < 1.29 is 19.1 Å². The van der Waals surface area contributed by atoms with Crippen LogP contribution in [0.3, 0.4) is 0 Å². The van der Waals surface area contributed by atoms with Gasteiger partial charge in [-0.2, -0.15) is 5.10 Å². The molecule has 1 heterocycles. The Balaban J connectivity index is 2.08. The van der Waals surface area contributed by atoms with Crippen LogP contribution in [0.2, 0.25) is 5.02 Å². The summed E-state index contributed by atoms with van der Waals surface area (Å²) in [5, 5.41) is 6.98. The second-order valence-electron chi connectivity index (χ2n) is 6.10. The third kappa shape index (κ3) is 5.43. The van der Waals surface area contributed by atoms with Gasteiger partial charge >= 0.3 is 12.0 Å². The van der Waals surface area contributed by atoms with Gasteiger partial charge in [-0.05, 0) is 38.5 Å². The van der Waals surface area contributed by atoms with E-state index in [9.17, 15) is 14.4 Å². The Bertz CT molecular complexity index is 936. The highest BCUT2D eigenvalue weighted by atomic mass is 35.5. The van der Waals surface area contributed by atoms with E-state index >= 15 is 0 Å². The highest BCUT2D eigenvalue weighted by molar-refractivity contribution is 6.31. The molecule has 0 radical (unpaired) electrons. The summed E-state index contributed by atoms with van der Waals surface area (Å²) >= 11 is 6.20. The molecule has 8 nitrogen and oxygen atoms in total. The van der Waals surface area contributed by atoms with Crippen molar-refractivity contribution in [3.05, 3.63) is 57.9 Å². The summed E-state index contributed by atoms with van der Waals surface area (Å²) in [5.41, 5.74) is 8.12. The lowest BCUT2D eigenvalue weighted by molar-refractivity contribution is -0.149. The van der Waals surface area contributed by atoms with Gasteiger partial charge in [-0.1, -0.05) is 29.8 Å². The molecule has 0 unspecified atom stereocenters. The third-order valence-electron chi connectivity index (χ3n) is 4.01. The van der Waals surface area contributed by atoms with E-state index in [1.54, 1.807) is 10.8 Å². The standard InChI is InChI=1S/C19H21ClN4O4/c1-11-15(8-9-17(25)28-13(3)18(26)22-19(21)27)12(2)24(23-11)10-14-6-4-5-7-16(14)20/h4-9,13H,10H2,1-3H3,(H3,21,22,26,27)/b9-8+/t13-/m1/s1. The van der Waals surface area contributed by atoms with Crippen LogP contribution in [-0.2, 0) is 20.9 Å². The number of benzene rings is 1. The van der Waals surface area contributed by atoms with Crippen molar-refractivity contribution >= 4 is 35.6 Å². The number of hydrogen-bond donors (Lipinski definition) is 2. The molecule has 1 aromatic heterocycles. The zero-order chi connectivity index (χ0) is 20.8. The molecule has 28 heavy (non-hydrogen) atoms. The van der Waals surface area contributed by atoms with Crippen molar-refractivity contribution in [3.63, 3.8) is 0 Å². The number of esters is 1. The monoisotopic (exact) mass is 404 g/mol. The van der Waals surface area contributed by atoms with Gasteiger partial charge in [-0.3, -0.25) is 14.8 Å². The van der Waals surface area contributed by atoms with Crippen LogP contribution in [0.4, 0.5) is 4.79 Å². The summed E-state index contributed by atoms with van der Waals surface area (Å²) in [6.45, 7) is 5.53. The van der Waals surface area contributed by atoms with Crippen LogP contribution < -0.4 is 11.1 Å². The van der Waals surface area contributed by atoms with Gasteiger partial charge in [0, 0.05) is 22.4 Å². The summed E-state index contributed by atoms with van der Waals surface area (Å²) in [7, 11) is 0. The Morgan fingerprint density at radius 3 is 2.64 bits per heavy atom. The third-order valence-corrected chi connectivity index (χ3v) is 4.38. The number of carbonyl (C=O) groups is 3. The quantitative estimate of drug-likeness (QED) is 0.566. The van der Waals surface area contributed by atoms with E-state index in [0.717, 1.165) is 22.5 Å². The lowest BCUT2D eigenvalue weighted by Gasteiger charge is -2.10. The van der Waals surface area contributed by atoms with Crippen LogP contribution in [0.25, 0.3) is 6.08 Å². The predicted octanol–water partition coefficient (Wildman–Crippen LogP) is 2.34. The fourth-order valence-electron chi connectivity index (χ4n) is 2.54. The molecule has 3 N–H and O–H groups in total. The minimum atomic E-state index is -1.16. The number of urea groups is 1. The van der Waals surface area contributed by atoms with E-state index in [1.807, 2.05) is 43.4 Å². The molecule has 2 aromatic rings. The topological polar surface area (TPSA) is 116 Å². The first-order valence-electron chi connectivity index (χ1n) is 8.45. The average molecular weight is 405 g/mol. The maximum absolute atomic E-state index is 11.9. The number of carbonyl (C=O) groups excluding carboxylic acids is 3. The molecule has 3 amide bonds. The van der Waals surface area contributed by atoms with Crippen LogP contribution in [0, 0.1) is 13.8 Å². The molecule has 0 aliphatic rings. The molecule has 0 saturated carbocycles. The van der Waals surface area contributed by atoms with Crippen molar-refractivity contribution in [1.82, 2.24) is 15.1 Å². The first-order chi connectivity index (χ1) is 13.2. The molecular weight excluding hydrogens is 384 g/mol. The van der Waals surface area contributed by atoms with Crippen LogP contribution in [0.1, 0.15) is 29.4 Å². The zero-order valence-corrected chi connectivity index (χ0v) is 16.5. The van der Waals surface area contributed by atoms with Crippen LogP contribution in [0.5, 0.6) is 0 Å². The highest BCUT2D eigenvalue weighted by Crippen LogP contribution is 2.20. The summed E-state index contributed by atoms with van der Waals surface area (Å²) in [4.78, 5) is 34.1. The van der Waals surface area contributed by atoms with Gasteiger partial charge in [0.2, 0.25) is 0 Å². The minimum absolute atomic E-state index is 0.495. The molecule has 9 heteroatoms. The maximum Gasteiger partial charge on any atom is 0.331 e. The van der Waals surface area contributed by atoms with Crippen molar-refractivity contribution in [3.8, 4) is 0 Å². The smallest absolute Gasteiger partial charge is 0.331 e. The number of hydrogen-bond acceptors (Lipinski definition) is 5. The fraction of sp³-hybridized carbons (Fsp3) is 0.263. The summed E-state index contributed by atoms with van der Waals surface area (Å²) in [6, 6.07) is 6.48. The number of primary amides is 1. The number of rotatable bonds is 6. The molecular formula is C19H21ClN4O4. The molecule has 0 spiro atoms. The van der Waals surface area contributed by atoms with Gasteiger partial charge in [0.1, 0.15) is 0 Å². The second-order valence-corrected chi connectivity index (χ2v) is 6.51. The average Bonchev–Trinajstić information content (AvgIpc) is 2.88. The van der Waals surface area contributed by atoms with Crippen molar-refractivity contribution in [1.29, 1.82) is 0 Å². The molecule has 1 aromatic carbocycles. The van der Waals surface area contributed by atoms with E-state index in [1.165, 1.54) is 13.0 Å². The number of nitrogens with zero attached hydrogens (tertiary/aromatic N) is 2. The Morgan fingerprint density at radius 2 is 2.00 bits per heavy atom. The molecule has 1 atom stereocenters. The maximum atomic E-state index is 11.9. The van der Waals surface area contributed by atoms with Crippen LogP contribution in [-0.4, -0.2) is 33.8 Å². The van der Waals surface area contributed by atoms with E-state index in [0.29, 0.717) is 11.6 Å². The van der Waals surface area contributed by atoms with Gasteiger partial charge in [0.15, 0.2) is 6.10 Å². The van der Waals surface area contributed by atoms with Gasteiger partial charge in [-0.15, -0.1) is 0 Å². The molecule has 148 valence electrons. The summed E-state index contributed by atoms with van der Waals surface area (Å²) < 4.78 is 6.74. The molecule has 0 bridgehead atoms. The predicted molar refractivity (Wildman–Crippen MR) is 105 cm³/mol. The van der Waals surface area contributed by atoms with Gasteiger partial charge in [0.05, 0.1) is 12.2 Å². The Hall–Kier alpha value is -3.13. The Morgan fingerprint density at radius 1 is 1.32 bits per heavy atom. The normalized spacial score (nSPS) is 12.0. The number of halogens is 1. The number of ether oxygens (including phenoxy) is 1. The number of nitrogens with two attached hydrogens (primary N) is 1. The van der Waals surface area contributed by atoms with E-state index in [2.05, 4.69) is 5.10 Å². The SMILES string of the molecule is Cc1nn(Cc2ccccc2Cl)c(C)c1/C=C/C(=O)O[C@H](C)C(=O)NC(N)=O. The van der Waals surface area contributed by atoms with Crippen molar-refractivity contribution in [2.75, 3.05) is 0 Å². The van der Waals surface area contributed by atoms with E-state index in [4.69, 9.17) is 22.1 Å². The number of aromatic nitrogens is 2. The summed E-state index contributed by atoms with van der Waals surface area (Å²) in [5.74, 6) is -1.53. The molecule has 0 aliphatic carbocycles. The van der Waals surface area contributed by atoms with E-state index in [-0.39, 0.29) is 0 Å². The van der Waals surface area contributed by atoms with Crippen LogP contribution in [0.15, 0.2) is 30.3 Å². The zero-order valence-electron chi connectivity index (χ0n) is 15.7. The fourth-order valence-corrected chi connectivity index (χ4v) is 2.73. The Labute approximate surface area is 167 Å². The molecule has 0 aliphatic heterocycles. The molecule has 0 saturated heterocycles. The van der Waals surface area contributed by atoms with Crippen molar-refractivity contribution in [2.24, 2.45) is 5.73 Å². The van der Waals surface area contributed by atoms with Crippen LogP contribution >= 0.6 is 11.6 Å². The van der Waals surface area contributed by atoms with Gasteiger partial charge < -0.3 is 10.5 Å². The summed E-state index contributed by atoms with van der Waals surface area (Å²) in [6.07, 6.45) is 1.61. The second kappa shape index (κ2) is 9.18. The highest BCUT2D eigenvalue weighted by Gasteiger charge is 2.18. The largest absolute Gasteiger partial charge is 0.449 e. The van der Waals surface area contributed by atoms with E-state index < -0.39 is 24.0 Å². The van der Waals surface area contributed by atoms with Gasteiger partial charge in [-0.25, -0.2) is 9.59 Å². The number of imide groups is 1. The lowest BCUT2D eigenvalue weighted by Crippen LogP contribution is -2.42. The number of amides is 3. The minimum Gasteiger partial charge on any atom is -0.449 e. The number of aryl methyl sites for hydroxylation is 1. The first kappa shape index (κ1) is 21.2. The first-order valence-corrected chi connectivity index (χ1v) is 8.83. The molecule has 2 rings (SSSR count). The van der Waals surface area contributed by atoms with Gasteiger partial charge in [0.25, 0.3) is 5.91 Å². The van der Waals surface area contributed by atoms with Crippen molar-refractivity contribution in [2.45, 2.75) is 33.4 Å².